The maximum absolute atomic E-state index is 13.2. The largest absolute Gasteiger partial charge is 0.439 e. The Bertz CT molecular complexity index is 1180. The molecule has 1 fully saturated rings. The average molecular weight is 642 g/mol. The van der Waals surface area contributed by atoms with Crippen LogP contribution < -0.4 is 0 Å². The van der Waals surface area contributed by atoms with Crippen LogP contribution in [0.1, 0.15) is 40.8 Å². The zero-order valence-corrected chi connectivity index (χ0v) is 19.7. The van der Waals surface area contributed by atoms with Gasteiger partial charge in [0.15, 0.2) is 6.10 Å². The third kappa shape index (κ3) is 5.46. The SMILES string of the molecule is C[C@@H]1[C@@H](c2ccc(C(F)(F)F)c([N+](=O)[O-])c2I)OC(=O)N1Cc1cc(C(F)(F)F)cc(C(F)(F)F)c1. The highest BCUT2D eigenvalue weighted by Crippen LogP contribution is 2.44. The molecule has 0 spiro atoms. The van der Waals surface area contributed by atoms with E-state index >= 15 is 0 Å². The first-order valence-electron chi connectivity index (χ1n) is 9.62. The molecule has 1 aliphatic rings. The second-order valence-corrected chi connectivity index (χ2v) is 8.79. The molecule has 1 amide bonds. The Balaban J connectivity index is 2.00. The molecule has 2 aromatic rings. The highest BCUT2D eigenvalue weighted by Gasteiger charge is 2.45. The van der Waals surface area contributed by atoms with E-state index in [1.807, 2.05) is 0 Å². The second kappa shape index (κ2) is 9.26. The van der Waals surface area contributed by atoms with E-state index in [0.29, 0.717) is 18.2 Å². The minimum absolute atomic E-state index is 0.0816. The Morgan fingerprint density at radius 3 is 1.94 bits per heavy atom. The minimum atomic E-state index is -5.12. The first-order valence-corrected chi connectivity index (χ1v) is 10.7. The van der Waals surface area contributed by atoms with Crippen molar-refractivity contribution in [3.8, 4) is 0 Å². The normalized spacial score (nSPS) is 19.0. The van der Waals surface area contributed by atoms with Gasteiger partial charge in [0.05, 0.1) is 25.7 Å². The fourth-order valence-corrected chi connectivity index (χ4v) is 4.63. The fourth-order valence-electron chi connectivity index (χ4n) is 3.65. The number of nitro groups is 1. The number of halogens is 10. The Hall–Kier alpha value is -2.79. The number of carbonyl (C=O) groups is 1. The molecule has 3 rings (SSSR count). The molecule has 6 nitrogen and oxygen atoms in total. The van der Waals surface area contributed by atoms with Crippen LogP contribution in [0.3, 0.4) is 0 Å². The molecule has 0 aliphatic carbocycles. The number of ether oxygens (including phenoxy) is 1. The molecule has 0 bridgehead atoms. The number of nitrogens with zero attached hydrogens (tertiary/aromatic N) is 2. The summed E-state index contributed by atoms with van der Waals surface area (Å²) in [6.45, 7) is 0.524. The first-order chi connectivity index (χ1) is 16.3. The minimum Gasteiger partial charge on any atom is -0.439 e. The van der Waals surface area contributed by atoms with Crippen molar-refractivity contribution in [2.24, 2.45) is 0 Å². The zero-order valence-electron chi connectivity index (χ0n) is 17.6. The Labute approximate surface area is 209 Å². The van der Waals surface area contributed by atoms with Crippen LogP contribution in [0.4, 0.5) is 50.0 Å². The van der Waals surface area contributed by atoms with Crippen molar-refractivity contribution in [1.82, 2.24) is 4.90 Å². The first kappa shape index (κ1) is 27.8. The molecule has 1 aliphatic heterocycles. The van der Waals surface area contributed by atoms with Crippen molar-refractivity contribution >= 4 is 34.4 Å². The second-order valence-electron chi connectivity index (χ2n) is 7.71. The number of hydrogen-bond acceptors (Lipinski definition) is 4. The van der Waals surface area contributed by atoms with Gasteiger partial charge in [-0.25, -0.2) is 4.79 Å². The molecule has 2 atom stereocenters. The van der Waals surface area contributed by atoms with Crippen LogP contribution in [-0.2, 0) is 29.8 Å². The number of amides is 1. The predicted octanol–water partition coefficient (Wildman–Crippen LogP) is 7.34. The average Bonchev–Trinajstić information content (AvgIpc) is 2.99. The van der Waals surface area contributed by atoms with Crippen LogP contribution in [-0.4, -0.2) is 22.0 Å². The lowest BCUT2D eigenvalue weighted by molar-refractivity contribution is -0.389. The van der Waals surface area contributed by atoms with Crippen LogP contribution in [0.15, 0.2) is 30.3 Å². The summed E-state index contributed by atoms with van der Waals surface area (Å²) in [5.74, 6) is 0. The third-order valence-electron chi connectivity index (χ3n) is 5.33. The molecule has 196 valence electrons. The molecule has 0 radical (unpaired) electrons. The van der Waals surface area contributed by atoms with Crippen LogP contribution in [0, 0.1) is 13.7 Å². The summed E-state index contributed by atoms with van der Waals surface area (Å²) in [7, 11) is 0. The molecular weight excluding hydrogens is 630 g/mol. The molecule has 2 aromatic carbocycles. The van der Waals surface area contributed by atoms with Crippen molar-refractivity contribution < 1.29 is 54.0 Å². The van der Waals surface area contributed by atoms with Crippen LogP contribution >= 0.6 is 22.6 Å². The van der Waals surface area contributed by atoms with Gasteiger partial charge in [0.2, 0.25) is 0 Å². The Morgan fingerprint density at radius 2 is 1.50 bits per heavy atom. The van der Waals surface area contributed by atoms with Gasteiger partial charge in [0.25, 0.3) is 5.69 Å². The highest BCUT2D eigenvalue weighted by atomic mass is 127. The molecule has 0 unspecified atom stereocenters. The van der Waals surface area contributed by atoms with Crippen LogP contribution in [0.2, 0.25) is 0 Å². The molecular formula is C20H12F9IN2O4. The van der Waals surface area contributed by atoms with Gasteiger partial charge in [-0.1, -0.05) is 6.07 Å². The smallest absolute Gasteiger partial charge is 0.423 e. The van der Waals surface area contributed by atoms with Gasteiger partial charge in [-0.3, -0.25) is 15.0 Å². The molecule has 0 aromatic heterocycles. The summed E-state index contributed by atoms with van der Waals surface area (Å²) in [6, 6.07) is 0.945. The number of cyclic esters (lactones) is 1. The van der Waals surface area contributed by atoms with Crippen molar-refractivity contribution in [2.75, 3.05) is 0 Å². The molecule has 36 heavy (non-hydrogen) atoms. The molecule has 0 saturated carbocycles. The number of hydrogen-bond donors (Lipinski definition) is 0. The van der Waals surface area contributed by atoms with E-state index in [0.717, 1.165) is 11.0 Å². The topological polar surface area (TPSA) is 72.7 Å². The summed E-state index contributed by atoms with van der Waals surface area (Å²) >= 11 is 1.28. The monoisotopic (exact) mass is 642 g/mol. The molecule has 1 saturated heterocycles. The quantitative estimate of drug-likeness (QED) is 0.152. The number of carbonyl (C=O) groups excluding carboxylic acids is 1. The number of nitro benzene ring substituents is 1. The third-order valence-corrected chi connectivity index (χ3v) is 6.47. The number of rotatable bonds is 4. The van der Waals surface area contributed by atoms with E-state index in [1.54, 1.807) is 0 Å². The highest BCUT2D eigenvalue weighted by molar-refractivity contribution is 14.1. The summed E-state index contributed by atoms with van der Waals surface area (Å²) < 4.78 is 123. The van der Waals surface area contributed by atoms with Crippen LogP contribution in [0.25, 0.3) is 0 Å². The number of alkyl halides is 9. The molecule has 1 heterocycles. The summed E-state index contributed by atoms with van der Waals surface area (Å²) in [5, 5.41) is 11.3. The van der Waals surface area contributed by atoms with Crippen LogP contribution in [0.5, 0.6) is 0 Å². The Kier molecular flexibility index (Phi) is 7.15. The van der Waals surface area contributed by atoms with E-state index in [9.17, 15) is 54.4 Å². The van der Waals surface area contributed by atoms with Gasteiger partial charge < -0.3 is 4.74 Å². The van der Waals surface area contributed by atoms with Gasteiger partial charge in [0.1, 0.15) is 5.56 Å². The van der Waals surface area contributed by atoms with Gasteiger partial charge in [-0.05, 0) is 59.3 Å². The van der Waals surface area contributed by atoms with Crippen molar-refractivity contribution in [3.63, 3.8) is 0 Å². The summed E-state index contributed by atoms with van der Waals surface area (Å²) in [4.78, 5) is 23.3. The number of benzene rings is 2. The molecule has 16 heteroatoms. The summed E-state index contributed by atoms with van der Waals surface area (Å²) in [5.41, 5.74) is -6.74. The summed E-state index contributed by atoms with van der Waals surface area (Å²) in [6.07, 6.45) is -17.9. The lowest BCUT2D eigenvalue weighted by Crippen LogP contribution is -2.32. The lowest BCUT2D eigenvalue weighted by Gasteiger charge is -2.23. The zero-order chi connectivity index (χ0) is 27.4. The van der Waals surface area contributed by atoms with E-state index in [2.05, 4.69) is 0 Å². The Morgan fingerprint density at radius 1 is 0.972 bits per heavy atom. The maximum Gasteiger partial charge on any atom is 0.423 e. The van der Waals surface area contributed by atoms with E-state index in [4.69, 9.17) is 4.74 Å². The maximum atomic E-state index is 13.2. The van der Waals surface area contributed by atoms with E-state index < -0.39 is 79.7 Å². The van der Waals surface area contributed by atoms with Gasteiger partial charge >= 0.3 is 24.6 Å². The van der Waals surface area contributed by atoms with E-state index in [1.165, 1.54) is 29.5 Å². The molecule has 0 N–H and O–H groups in total. The van der Waals surface area contributed by atoms with Gasteiger partial charge in [0, 0.05) is 12.1 Å². The van der Waals surface area contributed by atoms with Gasteiger partial charge in [-0.15, -0.1) is 0 Å². The van der Waals surface area contributed by atoms with Crippen molar-refractivity contribution in [1.29, 1.82) is 0 Å². The van der Waals surface area contributed by atoms with Crippen molar-refractivity contribution in [3.05, 3.63) is 71.8 Å². The standard InChI is InChI=1S/C20H12F9IN2O4/c1-8-16(12-2-3-13(20(27,28)29)15(14(12)30)32(34)35)36-17(33)31(8)7-9-4-10(18(21,22)23)6-11(5-9)19(24,25)26/h2-6,8,16H,7H2,1H3/t8-,16+/m1/s1. The van der Waals surface area contributed by atoms with Crippen molar-refractivity contribution in [2.45, 2.75) is 44.1 Å². The fraction of sp³-hybridized carbons (Fsp3) is 0.350. The van der Waals surface area contributed by atoms with E-state index in [-0.39, 0.29) is 11.6 Å². The predicted molar refractivity (Wildman–Crippen MR) is 111 cm³/mol. The van der Waals surface area contributed by atoms with Gasteiger partial charge in [-0.2, -0.15) is 39.5 Å². The lowest BCUT2D eigenvalue weighted by atomic mass is 9.99.